The molecule has 0 aliphatic rings. The van der Waals surface area contributed by atoms with Crippen LogP contribution in [0.4, 0.5) is 0 Å². The molecule has 0 radical (unpaired) electrons. The maximum atomic E-state index is 11.5. The van der Waals surface area contributed by atoms with E-state index in [2.05, 4.69) is 4.72 Å². The summed E-state index contributed by atoms with van der Waals surface area (Å²) in [7, 11) is -2.93. The molecule has 0 aromatic heterocycles. The highest BCUT2D eigenvalue weighted by atomic mass is 32.2. The number of nitrogens with two attached hydrogens (primary N) is 1. The fourth-order valence-corrected chi connectivity index (χ4v) is 2.33. The van der Waals surface area contributed by atoms with Crippen molar-refractivity contribution in [3.05, 3.63) is 0 Å². The van der Waals surface area contributed by atoms with Crippen LogP contribution < -0.4 is 10.5 Å². The predicted molar refractivity (Wildman–Crippen MR) is 62.2 cm³/mol. The second-order valence-electron chi connectivity index (χ2n) is 3.14. The first-order valence-electron chi connectivity index (χ1n) is 4.61. The Bertz CT molecular complexity index is 292. The molecule has 0 aliphatic heterocycles. The first-order valence-corrected chi connectivity index (χ1v) is 7.78. The Labute approximate surface area is 93.8 Å². The second kappa shape index (κ2) is 7.29. The van der Waals surface area contributed by atoms with Crippen LogP contribution in [0.5, 0.6) is 0 Å². The van der Waals surface area contributed by atoms with Gasteiger partial charge in [0, 0.05) is 42.9 Å². The molecule has 6 nitrogen and oxygen atoms in total. The summed E-state index contributed by atoms with van der Waals surface area (Å²) in [6.07, 6.45) is 2.16. The fraction of sp³-hybridized carbons (Fsp3) is 1.00. The van der Waals surface area contributed by atoms with Crippen molar-refractivity contribution in [2.75, 3.05) is 38.7 Å². The van der Waals surface area contributed by atoms with Crippen LogP contribution in [0, 0.1) is 0 Å². The van der Waals surface area contributed by atoms with Crippen LogP contribution >= 0.6 is 0 Å². The summed E-state index contributed by atoms with van der Waals surface area (Å²) in [6.45, 7) is 1.04. The lowest BCUT2D eigenvalue weighted by Crippen LogP contribution is -2.40. The molecule has 15 heavy (non-hydrogen) atoms. The van der Waals surface area contributed by atoms with Crippen molar-refractivity contribution in [2.45, 2.75) is 6.42 Å². The highest BCUT2D eigenvalue weighted by Crippen LogP contribution is 1.94. The Kier molecular flexibility index (Phi) is 7.28. The summed E-state index contributed by atoms with van der Waals surface area (Å²) in [6, 6.07) is 0. The van der Waals surface area contributed by atoms with E-state index in [0.29, 0.717) is 25.3 Å². The van der Waals surface area contributed by atoms with E-state index < -0.39 is 21.0 Å². The van der Waals surface area contributed by atoms with Gasteiger partial charge in [-0.2, -0.15) is 12.7 Å². The summed E-state index contributed by atoms with van der Waals surface area (Å²) in [5.41, 5.74) is 5.28. The van der Waals surface area contributed by atoms with Crippen molar-refractivity contribution in [1.29, 1.82) is 0 Å². The van der Waals surface area contributed by atoms with Crippen LogP contribution in [0.1, 0.15) is 6.42 Å². The number of nitrogens with one attached hydrogen (secondary N) is 1. The van der Waals surface area contributed by atoms with E-state index in [1.807, 2.05) is 0 Å². The minimum absolute atomic E-state index is 0.193. The van der Waals surface area contributed by atoms with E-state index in [0.717, 1.165) is 0 Å². The Hall–Kier alpha value is -0.0200. The van der Waals surface area contributed by atoms with Crippen LogP contribution in [0.25, 0.3) is 0 Å². The van der Waals surface area contributed by atoms with Gasteiger partial charge in [-0.3, -0.25) is 4.21 Å². The fourth-order valence-electron chi connectivity index (χ4n) is 0.859. The third-order valence-corrected chi connectivity index (χ3v) is 4.11. The standard InChI is InChI=1S/C7H19N3O3S2/c1-10(6-3-4-8)15(12,13)9-5-7-14(2)11/h9H,3-8H2,1-2H3. The SMILES string of the molecule is CN(CCCN)S(=O)(=O)NCCS(C)=O. The monoisotopic (exact) mass is 257 g/mol. The molecule has 0 fully saturated rings. The molecule has 0 aromatic rings. The Morgan fingerprint density at radius 3 is 2.53 bits per heavy atom. The second-order valence-corrected chi connectivity index (χ2v) is 6.56. The van der Waals surface area contributed by atoms with Crippen LogP contribution in [0.2, 0.25) is 0 Å². The van der Waals surface area contributed by atoms with Gasteiger partial charge in [0.05, 0.1) is 0 Å². The smallest absolute Gasteiger partial charge is 0.279 e. The lowest BCUT2D eigenvalue weighted by molar-refractivity contribution is 0.454. The Balaban J connectivity index is 4.00. The van der Waals surface area contributed by atoms with Crippen molar-refractivity contribution in [3.8, 4) is 0 Å². The number of rotatable bonds is 8. The van der Waals surface area contributed by atoms with E-state index in [1.165, 1.54) is 17.6 Å². The van der Waals surface area contributed by atoms with Gasteiger partial charge in [0.25, 0.3) is 10.2 Å². The Morgan fingerprint density at radius 1 is 1.47 bits per heavy atom. The summed E-state index contributed by atoms with van der Waals surface area (Å²) < 4.78 is 37.3. The number of nitrogens with zero attached hydrogens (tertiary/aromatic N) is 1. The lowest BCUT2D eigenvalue weighted by Gasteiger charge is -2.16. The van der Waals surface area contributed by atoms with Gasteiger partial charge in [-0.05, 0) is 13.0 Å². The largest absolute Gasteiger partial charge is 0.330 e. The molecule has 3 N–H and O–H groups in total. The van der Waals surface area contributed by atoms with Crippen molar-refractivity contribution in [2.24, 2.45) is 5.73 Å². The van der Waals surface area contributed by atoms with E-state index in [1.54, 1.807) is 0 Å². The van der Waals surface area contributed by atoms with Crippen molar-refractivity contribution < 1.29 is 12.6 Å². The molecular formula is C7H19N3O3S2. The Morgan fingerprint density at radius 2 is 2.07 bits per heavy atom. The summed E-state index contributed by atoms with van der Waals surface area (Å²) in [5.74, 6) is 0.323. The molecule has 8 heteroatoms. The molecule has 0 rings (SSSR count). The molecule has 92 valence electrons. The summed E-state index contributed by atoms with van der Waals surface area (Å²) in [5, 5.41) is 0. The molecule has 0 saturated carbocycles. The van der Waals surface area contributed by atoms with Gasteiger partial charge < -0.3 is 5.73 Å². The van der Waals surface area contributed by atoms with Crippen molar-refractivity contribution in [3.63, 3.8) is 0 Å². The van der Waals surface area contributed by atoms with Gasteiger partial charge in [-0.1, -0.05) is 0 Å². The third-order valence-electron chi connectivity index (χ3n) is 1.76. The van der Waals surface area contributed by atoms with Gasteiger partial charge >= 0.3 is 0 Å². The molecule has 0 heterocycles. The topological polar surface area (TPSA) is 92.5 Å². The number of hydrogen-bond acceptors (Lipinski definition) is 4. The molecule has 0 spiro atoms. The first kappa shape index (κ1) is 15.0. The van der Waals surface area contributed by atoms with Crippen molar-refractivity contribution in [1.82, 2.24) is 9.03 Å². The summed E-state index contributed by atoms with van der Waals surface area (Å²) in [4.78, 5) is 0. The molecule has 0 amide bonds. The van der Waals surface area contributed by atoms with Crippen LogP contribution in [0.15, 0.2) is 0 Å². The molecule has 0 aliphatic carbocycles. The molecule has 1 unspecified atom stereocenters. The average molecular weight is 257 g/mol. The van der Waals surface area contributed by atoms with E-state index in [9.17, 15) is 12.6 Å². The average Bonchev–Trinajstić information content (AvgIpc) is 2.13. The van der Waals surface area contributed by atoms with Crippen LogP contribution in [-0.2, 0) is 21.0 Å². The van der Waals surface area contributed by atoms with Gasteiger partial charge in [0.2, 0.25) is 0 Å². The van der Waals surface area contributed by atoms with Crippen LogP contribution in [-0.4, -0.2) is 55.6 Å². The molecular weight excluding hydrogens is 238 g/mol. The van der Waals surface area contributed by atoms with Crippen LogP contribution in [0.3, 0.4) is 0 Å². The maximum Gasteiger partial charge on any atom is 0.279 e. The number of hydrogen-bond donors (Lipinski definition) is 2. The molecule has 1 atom stereocenters. The predicted octanol–water partition coefficient (Wildman–Crippen LogP) is -1.52. The van der Waals surface area contributed by atoms with Gasteiger partial charge in [-0.15, -0.1) is 0 Å². The van der Waals surface area contributed by atoms with E-state index in [-0.39, 0.29) is 6.54 Å². The van der Waals surface area contributed by atoms with Gasteiger partial charge in [-0.25, -0.2) is 4.72 Å². The summed E-state index contributed by atoms with van der Waals surface area (Å²) >= 11 is 0. The quantitative estimate of drug-likeness (QED) is 0.552. The van der Waals surface area contributed by atoms with E-state index >= 15 is 0 Å². The molecule has 0 aromatic carbocycles. The first-order chi connectivity index (χ1) is 6.90. The molecule has 0 bridgehead atoms. The van der Waals surface area contributed by atoms with Gasteiger partial charge in [0.1, 0.15) is 0 Å². The zero-order valence-electron chi connectivity index (χ0n) is 9.10. The minimum atomic E-state index is -3.43. The zero-order valence-corrected chi connectivity index (χ0v) is 10.7. The lowest BCUT2D eigenvalue weighted by atomic mass is 10.4. The third kappa shape index (κ3) is 6.96. The van der Waals surface area contributed by atoms with Gasteiger partial charge in [0.15, 0.2) is 0 Å². The highest BCUT2D eigenvalue weighted by Gasteiger charge is 2.15. The molecule has 0 saturated heterocycles. The highest BCUT2D eigenvalue weighted by molar-refractivity contribution is 7.87. The van der Waals surface area contributed by atoms with E-state index in [4.69, 9.17) is 5.73 Å². The maximum absolute atomic E-state index is 11.5. The normalized spacial score (nSPS) is 14.4. The van der Waals surface area contributed by atoms with Crippen molar-refractivity contribution >= 4 is 21.0 Å². The zero-order chi connectivity index (χ0) is 11.9. The minimum Gasteiger partial charge on any atom is -0.330 e.